The van der Waals surface area contributed by atoms with Crippen LogP contribution in [0.5, 0.6) is 0 Å². The van der Waals surface area contributed by atoms with Crippen molar-refractivity contribution >= 4 is 17.8 Å². The molecule has 94 valence electrons. The molecule has 0 aliphatic heterocycles. The first-order valence-electron chi connectivity index (χ1n) is 4.97. The van der Waals surface area contributed by atoms with Crippen LogP contribution in [-0.2, 0) is 0 Å². The molecule has 0 aliphatic carbocycles. The van der Waals surface area contributed by atoms with Crippen molar-refractivity contribution in [1.82, 2.24) is 0 Å². The average molecular weight is 262 g/mol. The summed E-state index contributed by atoms with van der Waals surface area (Å²) in [6.45, 7) is 3.95. The zero-order valence-corrected chi connectivity index (χ0v) is 10.3. The number of nitrogens with zero attached hydrogens (tertiary/aromatic N) is 1. The van der Waals surface area contributed by atoms with Gasteiger partial charge in [-0.05, 0) is 11.5 Å². The molecule has 1 aromatic carbocycles. The van der Waals surface area contributed by atoms with Crippen molar-refractivity contribution in [2.45, 2.75) is 25.9 Å². The number of benzene rings is 1. The number of halogens is 3. The molecule has 0 amide bonds. The highest BCUT2D eigenvalue weighted by Crippen LogP contribution is 2.25. The van der Waals surface area contributed by atoms with Crippen molar-refractivity contribution in [3.63, 3.8) is 0 Å². The average Bonchev–Trinajstić information content (AvgIpc) is 2.24. The van der Waals surface area contributed by atoms with E-state index in [1.807, 2.05) is 13.8 Å². The lowest BCUT2D eigenvalue weighted by Gasteiger charge is -2.11. The van der Waals surface area contributed by atoms with E-state index in [1.165, 1.54) is 12.1 Å². The zero-order chi connectivity index (χ0) is 13.1. The van der Waals surface area contributed by atoms with Crippen LogP contribution < -0.4 is 5.14 Å². The van der Waals surface area contributed by atoms with E-state index in [0.717, 1.165) is 5.56 Å². The molecule has 6 heteroatoms. The Morgan fingerprint density at radius 3 is 2.12 bits per heavy atom. The molecule has 0 unspecified atom stereocenters. The van der Waals surface area contributed by atoms with Crippen molar-refractivity contribution < 1.29 is 13.2 Å². The van der Waals surface area contributed by atoms with Crippen LogP contribution in [0.1, 0.15) is 30.9 Å². The van der Waals surface area contributed by atoms with E-state index in [-0.39, 0.29) is 11.5 Å². The molecule has 0 spiro atoms. The van der Waals surface area contributed by atoms with Gasteiger partial charge in [0.05, 0.1) is 12.1 Å². The Morgan fingerprint density at radius 1 is 1.24 bits per heavy atom. The number of alkyl halides is 3. The smallest absolute Gasteiger partial charge is 0.258 e. The molecular weight excluding hydrogens is 249 g/mol. The molecule has 0 heterocycles. The first-order chi connectivity index (χ1) is 7.86. The second-order valence-corrected chi connectivity index (χ2v) is 4.21. The molecular formula is C11H13F3N2S. The Labute approximate surface area is 102 Å². The fourth-order valence-corrected chi connectivity index (χ4v) is 1.66. The van der Waals surface area contributed by atoms with Gasteiger partial charge in [0.1, 0.15) is 0 Å². The number of nitrogens with two attached hydrogens (primary N) is 1. The Kier molecular flexibility index (Phi) is 4.59. The fraction of sp³-hybridized carbons (Fsp3) is 0.364. The molecule has 1 rings (SSSR count). The first-order valence-corrected chi connectivity index (χ1v) is 5.81. The van der Waals surface area contributed by atoms with Crippen LogP contribution in [0.25, 0.3) is 0 Å². The highest BCUT2D eigenvalue weighted by molar-refractivity contribution is 7.95. The van der Waals surface area contributed by atoms with Crippen LogP contribution in [0.15, 0.2) is 28.7 Å². The van der Waals surface area contributed by atoms with Crippen LogP contribution in [0.2, 0.25) is 0 Å². The molecule has 0 radical (unpaired) electrons. The van der Waals surface area contributed by atoms with Gasteiger partial charge in [0, 0.05) is 5.56 Å². The summed E-state index contributed by atoms with van der Waals surface area (Å²) in [5.74, 6) is 0.277. The third kappa shape index (κ3) is 3.74. The van der Waals surface area contributed by atoms with Gasteiger partial charge in [-0.3, -0.25) is 5.14 Å². The Morgan fingerprint density at radius 2 is 1.76 bits per heavy atom. The molecule has 0 atom stereocenters. The predicted molar refractivity (Wildman–Crippen MR) is 64.9 cm³/mol. The standard InChI is InChI=1S/C11H13F3N2S/c1-7(2)8-3-5-9(6-4-8)10(16-17-15)11(12,13)14/h3-7H,15H2,1-2H3/b16-10+. The van der Waals surface area contributed by atoms with Gasteiger partial charge in [0.25, 0.3) is 0 Å². The lowest BCUT2D eigenvalue weighted by Crippen LogP contribution is -2.23. The summed E-state index contributed by atoms with van der Waals surface area (Å²) in [7, 11) is 0. The highest BCUT2D eigenvalue weighted by atomic mass is 32.2. The monoisotopic (exact) mass is 262 g/mol. The summed E-state index contributed by atoms with van der Waals surface area (Å²) in [6, 6.07) is 6.17. The second-order valence-electron chi connectivity index (χ2n) is 3.82. The third-order valence-electron chi connectivity index (χ3n) is 2.26. The summed E-state index contributed by atoms with van der Waals surface area (Å²) < 4.78 is 41.2. The molecule has 1 aromatic rings. The first kappa shape index (κ1) is 14.1. The summed E-state index contributed by atoms with van der Waals surface area (Å²) >= 11 is 0.310. The topological polar surface area (TPSA) is 38.4 Å². The zero-order valence-electron chi connectivity index (χ0n) is 9.45. The van der Waals surface area contributed by atoms with Gasteiger partial charge in [-0.2, -0.15) is 17.6 Å². The maximum Gasteiger partial charge on any atom is 0.434 e. The SMILES string of the molecule is CC(C)c1ccc(/C(=N\SN)C(F)(F)F)cc1. The normalized spacial score (nSPS) is 13.2. The van der Waals surface area contributed by atoms with Gasteiger partial charge in [0.2, 0.25) is 0 Å². The minimum Gasteiger partial charge on any atom is -0.258 e. The largest absolute Gasteiger partial charge is 0.434 e. The van der Waals surface area contributed by atoms with Crippen molar-refractivity contribution in [1.29, 1.82) is 0 Å². The van der Waals surface area contributed by atoms with Crippen molar-refractivity contribution in [2.75, 3.05) is 0 Å². The molecule has 2 nitrogen and oxygen atoms in total. The lowest BCUT2D eigenvalue weighted by atomic mass is 10.0. The van der Waals surface area contributed by atoms with E-state index < -0.39 is 11.9 Å². The summed E-state index contributed by atoms with van der Waals surface area (Å²) in [5, 5.41) is 4.97. The van der Waals surface area contributed by atoms with Gasteiger partial charge in [-0.1, -0.05) is 38.1 Å². The third-order valence-corrected chi connectivity index (χ3v) is 2.55. The second kappa shape index (κ2) is 5.55. The van der Waals surface area contributed by atoms with Crippen LogP contribution in [0, 0.1) is 0 Å². The van der Waals surface area contributed by atoms with Gasteiger partial charge in [-0.15, -0.1) is 0 Å². The van der Waals surface area contributed by atoms with Gasteiger partial charge in [0.15, 0.2) is 5.71 Å². The molecule has 0 aliphatic rings. The predicted octanol–water partition coefficient (Wildman–Crippen LogP) is 3.68. The molecule has 0 aromatic heterocycles. The Balaban J connectivity index is 3.09. The molecule has 0 bridgehead atoms. The Hall–Kier alpha value is -1.01. The lowest BCUT2D eigenvalue weighted by molar-refractivity contribution is -0.0578. The maximum absolute atomic E-state index is 12.7. The van der Waals surface area contributed by atoms with Gasteiger partial charge >= 0.3 is 6.18 Å². The van der Waals surface area contributed by atoms with Crippen LogP contribution in [-0.4, -0.2) is 11.9 Å². The van der Waals surface area contributed by atoms with Crippen LogP contribution >= 0.6 is 12.1 Å². The van der Waals surface area contributed by atoms with Crippen molar-refractivity contribution in [3.8, 4) is 0 Å². The minimum absolute atomic E-state index is 0.0276. The molecule has 0 saturated carbocycles. The van der Waals surface area contributed by atoms with E-state index in [4.69, 9.17) is 5.14 Å². The molecule has 2 N–H and O–H groups in total. The van der Waals surface area contributed by atoms with E-state index in [9.17, 15) is 13.2 Å². The van der Waals surface area contributed by atoms with E-state index in [2.05, 4.69) is 4.40 Å². The molecule has 17 heavy (non-hydrogen) atoms. The van der Waals surface area contributed by atoms with Crippen LogP contribution in [0.4, 0.5) is 13.2 Å². The minimum atomic E-state index is -4.49. The summed E-state index contributed by atoms with van der Waals surface area (Å²) in [4.78, 5) is 0. The van der Waals surface area contributed by atoms with Crippen LogP contribution in [0.3, 0.4) is 0 Å². The number of hydrogen-bond acceptors (Lipinski definition) is 3. The molecule has 0 fully saturated rings. The quantitative estimate of drug-likeness (QED) is 0.666. The number of rotatable bonds is 3. The fourth-order valence-electron chi connectivity index (χ4n) is 1.35. The van der Waals surface area contributed by atoms with Gasteiger partial charge in [-0.25, -0.2) is 0 Å². The Bertz CT molecular complexity index is 396. The van der Waals surface area contributed by atoms with E-state index >= 15 is 0 Å². The maximum atomic E-state index is 12.7. The summed E-state index contributed by atoms with van der Waals surface area (Å²) in [5.41, 5.74) is 0.0517. The highest BCUT2D eigenvalue weighted by Gasteiger charge is 2.36. The van der Waals surface area contributed by atoms with Crippen molar-refractivity contribution in [2.24, 2.45) is 9.54 Å². The number of hydrogen-bond donors (Lipinski definition) is 1. The molecule has 0 saturated heterocycles. The summed E-state index contributed by atoms with van der Waals surface area (Å²) in [6.07, 6.45) is -4.49. The van der Waals surface area contributed by atoms with Crippen molar-refractivity contribution in [3.05, 3.63) is 35.4 Å². The van der Waals surface area contributed by atoms with Gasteiger partial charge < -0.3 is 0 Å². The van der Waals surface area contributed by atoms with E-state index in [0.29, 0.717) is 12.1 Å². The van der Waals surface area contributed by atoms with E-state index in [1.54, 1.807) is 12.1 Å².